The monoisotopic (exact) mass is 342 g/mol. The van der Waals surface area contributed by atoms with Gasteiger partial charge in [-0.05, 0) is 18.2 Å². The minimum atomic E-state index is -0.419. The molecule has 0 fully saturated rings. The molecular formula is C18H18N2O3S. The SMILES string of the molecule is COc1ccccc1CNC(=O)C[C@H]1Sc2ccccc2NC1=O. The van der Waals surface area contributed by atoms with Gasteiger partial charge in [0, 0.05) is 23.4 Å². The summed E-state index contributed by atoms with van der Waals surface area (Å²) in [6.45, 7) is 0.373. The van der Waals surface area contributed by atoms with E-state index in [0.29, 0.717) is 6.54 Å². The molecule has 0 aromatic heterocycles. The van der Waals surface area contributed by atoms with Crippen molar-refractivity contribution in [1.82, 2.24) is 5.32 Å². The molecule has 3 rings (SSSR count). The summed E-state index contributed by atoms with van der Waals surface area (Å²) in [6.07, 6.45) is 0.139. The highest BCUT2D eigenvalue weighted by molar-refractivity contribution is 8.01. The molecule has 2 aromatic carbocycles. The van der Waals surface area contributed by atoms with E-state index in [9.17, 15) is 9.59 Å². The lowest BCUT2D eigenvalue weighted by atomic mass is 10.2. The van der Waals surface area contributed by atoms with Crippen molar-refractivity contribution in [3.05, 3.63) is 54.1 Å². The molecule has 2 amide bonds. The van der Waals surface area contributed by atoms with E-state index in [0.717, 1.165) is 21.9 Å². The fourth-order valence-electron chi connectivity index (χ4n) is 2.51. The number of benzene rings is 2. The summed E-state index contributed by atoms with van der Waals surface area (Å²) in [7, 11) is 1.60. The summed E-state index contributed by atoms with van der Waals surface area (Å²) in [5.41, 5.74) is 1.71. The Morgan fingerprint density at radius 3 is 2.79 bits per heavy atom. The van der Waals surface area contributed by atoms with E-state index < -0.39 is 5.25 Å². The molecule has 0 aliphatic carbocycles. The molecule has 124 valence electrons. The molecule has 24 heavy (non-hydrogen) atoms. The highest BCUT2D eigenvalue weighted by Crippen LogP contribution is 2.36. The number of carbonyl (C=O) groups is 2. The molecule has 0 saturated heterocycles. The molecule has 2 aromatic rings. The second-order valence-corrected chi connectivity index (χ2v) is 6.63. The van der Waals surface area contributed by atoms with Gasteiger partial charge in [0.05, 0.1) is 18.0 Å². The van der Waals surface area contributed by atoms with Gasteiger partial charge in [0.25, 0.3) is 0 Å². The van der Waals surface area contributed by atoms with Crippen LogP contribution in [0.15, 0.2) is 53.4 Å². The first-order valence-electron chi connectivity index (χ1n) is 7.62. The van der Waals surface area contributed by atoms with E-state index in [1.807, 2.05) is 48.5 Å². The minimum absolute atomic E-state index is 0.133. The summed E-state index contributed by atoms with van der Waals surface area (Å²) < 4.78 is 5.26. The fraction of sp³-hybridized carbons (Fsp3) is 0.222. The van der Waals surface area contributed by atoms with Crippen molar-refractivity contribution >= 4 is 29.3 Å². The van der Waals surface area contributed by atoms with E-state index in [1.165, 1.54) is 11.8 Å². The Morgan fingerprint density at radius 1 is 1.21 bits per heavy atom. The van der Waals surface area contributed by atoms with Crippen molar-refractivity contribution < 1.29 is 14.3 Å². The Labute approximate surface area is 144 Å². The number of fused-ring (bicyclic) bond motifs is 1. The van der Waals surface area contributed by atoms with Crippen LogP contribution >= 0.6 is 11.8 Å². The molecule has 1 heterocycles. The third-order valence-corrected chi connectivity index (χ3v) is 5.02. The third kappa shape index (κ3) is 3.71. The standard InChI is InChI=1S/C18H18N2O3S/c1-23-14-8-4-2-6-12(14)11-19-17(21)10-16-18(22)20-13-7-3-5-9-15(13)24-16/h2-9,16H,10-11H2,1H3,(H,19,21)(H,20,22)/t16-/m1/s1. The number of anilines is 1. The quantitative estimate of drug-likeness (QED) is 0.877. The number of ether oxygens (including phenoxy) is 1. The lowest BCUT2D eigenvalue weighted by Gasteiger charge is -2.23. The highest BCUT2D eigenvalue weighted by atomic mass is 32.2. The number of methoxy groups -OCH3 is 1. The summed E-state index contributed by atoms with van der Waals surface area (Å²) >= 11 is 1.43. The van der Waals surface area contributed by atoms with Gasteiger partial charge in [0.15, 0.2) is 0 Å². The smallest absolute Gasteiger partial charge is 0.238 e. The minimum Gasteiger partial charge on any atom is -0.496 e. The van der Waals surface area contributed by atoms with Gasteiger partial charge in [0.1, 0.15) is 5.75 Å². The van der Waals surface area contributed by atoms with Gasteiger partial charge < -0.3 is 15.4 Å². The second kappa shape index (κ2) is 7.40. The van der Waals surface area contributed by atoms with E-state index in [-0.39, 0.29) is 18.2 Å². The molecular weight excluding hydrogens is 324 g/mol. The molecule has 0 spiro atoms. The van der Waals surface area contributed by atoms with Crippen molar-refractivity contribution in [2.45, 2.75) is 23.1 Å². The summed E-state index contributed by atoms with van der Waals surface area (Å²) in [4.78, 5) is 25.3. The average molecular weight is 342 g/mol. The number of thioether (sulfide) groups is 1. The summed E-state index contributed by atoms with van der Waals surface area (Å²) in [5, 5.41) is 5.28. The molecule has 0 saturated carbocycles. The first kappa shape index (κ1) is 16.4. The van der Waals surface area contributed by atoms with Crippen molar-refractivity contribution in [2.75, 3.05) is 12.4 Å². The van der Waals surface area contributed by atoms with Crippen LogP contribution < -0.4 is 15.4 Å². The lowest BCUT2D eigenvalue weighted by Crippen LogP contribution is -2.34. The van der Waals surface area contributed by atoms with E-state index in [2.05, 4.69) is 10.6 Å². The first-order chi connectivity index (χ1) is 11.7. The molecule has 1 atom stereocenters. The molecule has 0 unspecified atom stereocenters. The number of carbonyl (C=O) groups excluding carboxylic acids is 2. The Morgan fingerprint density at radius 2 is 1.96 bits per heavy atom. The van der Waals surface area contributed by atoms with Crippen LogP contribution in [0.2, 0.25) is 0 Å². The maximum Gasteiger partial charge on any atom is 0.238 e. The molecule has 1 aliphatic rings. The Bertz CT molecular complexity index is 763. The van der Waals surface area contributed by atoms with Gasteiger partial charge in [-0.1, -0.05) is 30.3 Å². The normalized spacial score (nSPS) is 16.0. The summed E-state index contributed by atoms with van der Waals surface area (Å²) in [5.74, 6) is 0.440. The topological polar surface area (TPSA) is 67.4 Å². The predicted molar refractivity (Wildman–Crippen MR) is 94.2 cm³/mol. The van der Waals surface area contributed by atoms with Crippen LogP contribution in [0.4, 0.5) is 5.69 Å². The number of nitrogens with one attached hydrogen (secondary N) is 2. The van der Waals surface area contributed by atoms with Crippen LogP contribution in [0.3, 0.4) is 0 Å². The van der Waals surface area contributed by atoms with E-state index >= 15 is 0 Å². The fourth-order valence-corrected chi connectivity index (χ4v) is 3.62. The van der Waals surface area contributed by atoms with Gasteiger partial charge in [0.2, 0.25) is 11.8 Å². The van der Waals surface area contributed by atoms with Crippen LogP contribution in [0.5, 0.6) is 5.75 Å². The van der Waals surface area contributed by atoms with Crippen LogP contribution in [0.1, 0.15) is 12.0 Å². The van der Waals surface area contributed by atoms with Crippen LogP contribution in [0.25, 0.3) is 0 Å². The van der Waals surface area contributed by atoms with Gasteiger partial charge in [-0.25, -0.2) is 0 Å². The maximum absolute atomic E-state index is 12.2. The van der Waals surface area contributed by atoms with Crippen molar-refractivity contribution in [3.63, 3.8) is 0 Å². The molecule has 0 radical (unpaired) electrons. The number of amides is 2. The molecule has 5 nitrogen and oxygen atoms in total. The number of hydrogen-bond acceptors (Lipinski definition) is 4. The zero-order valence-corrected chi connectivity index (χ0v) is 14.1. The predicted octanol–water partition coefficient (Wildman–Crippen LogP) is 2.81. The summed E-state index contributed by atoms with van der Waals surface area (Å²) in [6, 6.07) is 15.1. The van der Waals surface area contributed by atoms with Gasteiger partial charge >= 0.3 is 0 Å². The first-order valence-corrected chi connectivity index (χ1v) is 8.50. The van der Waals surface area contributed by atoms with Crippen molar-refractivity contribution in [2.24, 2.45) is 0 Å². The van der Waals surface area contributed by atoms with E-state index in [4.69, 9.17) is 4.74 Å². The van der Waals surface area contributed by atoms with Gasteiger partial charge in [-0.15, -0.1) is 11.8 Å². The highest BCUT2D eigenvalue weighted by Gasteiger charge is 2.28. The molecule has 0 bridgehead atoms. The van der Waals surface area contributed by atoms with Gasteiger partial charge in [-0.2, -0.15) is 0 Å². The van der Waals surface area contributed by atoms with Gasteiger partial charge in [-0.3, -0.25) is 9.59 Å². The Balaban J connectivity index is 1.58. The number of para-hydroxylation sites is 2. The Hall–Kier alpha value is -2.47. The Kier molecular flexibility index (Phi) is 5.05. The van der Waals surface area contributed by atoms with Crippen LogP contribution in [0, 0.1) is 0 Å². The van der Waals surface area contributed by atoms with Crippen LogP contribution in [-0.2, 0) is 16.1 Å². The van der Waals surface area contributed by atoms with Crippen LogP contribution in [-0.4, -0.2) is 24.2 Å². The number of hydrogen-bond donors (Lipinski definition) is 2. The third-order valence-electron chi connectivity index (χ3n) is 3.75. The molecule has 1 aliphatic heterocycles. The lowest BCUT2D eigenvalue weighted by molar-refractivity contribution is -0.124. The maximum atomic E-state index is 12.2. The average Bonchev–Trinajstić information content (AvgIpc) is 2.61. The van der Waals surface area contributed by atoms with E-state index in [1.54, 1.807) is 7.11 Å². The zero-order chi connectivity index (χ0) is 16.9. The molecule has 6 heteroatoms. The second-order valence-electron chi connectivity index (χ2n) is 5.38. The molecule has 2 N–H and O–H groups in total. The largest absolute Gasteiger partial charge is 0.496 e. The van der Waals surface area contributed by atoms with Crippen molar-refractivity contribution in [3.8, 4) is 5.75 Å². The van der Waals surface area contributed by atoms with Crippen molar-refractivity contribution in [1.29, 1.82) is 0 Å². The number of rotatable bonds is 5. The zero-order valence-electron chi connectivity index (χ0n) is 13.2.